The normalized spacial score (nSPS) is 17.7. The van der Waals surface area contributed by atoms with Gasteiger partial charge in [0, 0.05) is 42.2 Å². The van der Waals surface area contributed by atoms with Crippen LogP contribution in [0.4, 0.5) is 29.3 Å². The first-order valence-electron chi connectivity index (χ1n) is 15.5. The Kier molecular flexibility index (Phi) is 10.4. The summed E-state index contributed by atoms with van der Waals surface area (Å²) < 4.78 is 45.7. The molecule has 1 aliphatic heterocycles. The number of aliphatic hydroxyl groups excluding tert-OH is 1. The number of hydrogen-bond donors (Lipinski definition) is 3. The van der Waals surface area contributed by atoms with Gasteiger partial charge in [-0.05, 0) is 61.3 Å². The van der Waals surface area contributed by atoms with Crippen LogP contribution in [-0.4, -0.2) is 65.7 Å². The number of likely N-dealkylation sites (N-methyl/N-ethyl adjacent to an activating group) is 1. The number of alkyl halides is 3. The van der Waals surface area contributed by atoms with Gasteiger partial charge in [0.1, 0.15) is 11.9 Å². The fraction of sp³-hybridized carbons (Fsp3) is 0.333. The lowest BCUT2D eigenvalue weighted by Gasteiger charge is -2.34. The van der Waals surface area contributed by atoms with Crippen LogP contribution in [0.1, 0.15) is 30.5 Å². The number of nitrogens with zero attached hydrogens (tertiary/aromatic N) is 2. The van der Waals surface area contributed by atoms with Crippen LogP contribution < -0.4 is 15.4 Å². The SMILES string of the molecule is C[C@@H]1CN([C@H](C)CO)C(=O)Cc2cc(NC(=O)Nc3cccc4ccccc34)ccc2O[C@H]1CN(C)Cc1ccc(C(F)(F)F)cc1. The summed E-state index contributed by atoms with van der Waals surface area (Å²) in [6, 6.07) is 22.8. The van der Waals surface area contributed by atoms with Crippen LogP contribution in [0.15, 0.2) is 84.9 Å². The fourth-order valence-corrected chi connectivity index (χ4v) is 5.83. The van der Waals surface area contributed by atoms with Crippen molar-refractivity contribution in [2.24, 2.45) is 5.92 Å². The summed E-state index contributed by atoms with van der Waals surface area (Å²) in [5, 5.41) is 17.6. The molecule has 3 N–H and O–H groups in total. The van der Waals surface area contributed by atoms with Crippen molar-refractivity contribution in [3.05, 3.63) is 102 Å². The zero-order chi connectivity index (χ0) is 33.7. The van der Waals surface area contributed by atoms with Gasteiger partial charge in [-0.2, -0.15) is 13.2 Å². The van der Waals surface area contributed by atoms with Crippen molar-refractivity contribution >= 4 is 34.1 Å². The Morgan fingerprint density at radius 3 is 2.49 bits per heavy atom. The molecule has 8 nitrogen and oxygen atoms in total. The van der Waals surface area contributed by atoms with Gasteiger partial charge < -0.3 is 25.4 Å². The summed E-state index contributed by atoms with van der Waals surface area (Å²) in [7, 11) is 1.86. The summed E-state index contributed by atoms with van der Waals surface area (Å²) in [5.74, 6) is 0.161. The molecule has 0 saturated heterocycles. The molecule has 248 valence electrons. The Morgan fingerprint density at radius 2 is 1.77 bits per heavy atom. The van der Waals surface area contributed by atoms with Crippen LogP contribution in [-0.2, 0) is 23.9 Å². The number of amides is 3. The zero-order valence-electron chi connectivity index (χ0n) is 26.6. The van der Waals surface area contributed by atoms with Crippen LogP contribution in [0.3, 0.4) is 0 Å². The number of urea groups is 1. The lowest BCUT2D eigenvalue weighted by Crippen LogP contribution is -2.47. The predicted molar refractivity (Wildman–Crippen MR) is 176 cm³/mol. The average molecular weight is 649 g/mol. The van der Waals surface area contributed by atoms with Gasteiger partial charge in [-0.3, -0.25) is 9.69 Å². The largest absolute Gasteiger partial charge is 0.488 e. The van der Waals surface area contributed by atoms with Crippen molar-refractivity contribution in [2.75, 3.05) is 37.4 Å². The minimum absolute atomic E-state index is 0.000961. The monoisotopic (exact) mass is 648 g/mol. The van der Waals surface area contributed by atoms with Crippen LogP contribution in [0.25, 0.3) is 10.8 Å². The molecule has 0 unspecified atom stereocenters. The highest BCUT2D eigenvalue weighted by Crippen LogP contribution is 2.31. The number of aliphatic hydroxyl groups is 1. The molecule has 3 atom stereocenters. The number of hydrogen-bond acceptors (Lipinski definition) is 5. The van der Waals surface area contributed by atoms with E-state index in [1.807, 2.05) is 61.3 Å². The molecule has 0 fully saturated rings. The minimum atomic E-state index is -4.40. The molecule has 0 spiro atoms. The lowest BCUT2D eigenvalue weighted by atomic mass is 10.0. The van der Waals surface area contributed by atoms with E-state index in [-0.39, 0.29) is 24.9 Å². The highest BCUT2D eigenvalue weighted by Gasteiger charge is 2.32. The number of rotatable bonds is 8. The van der Waals surface area contributed by atoms with Gasteiger partial charge in [0.15, 0.2) is 0 Å². The standard InChI is InChI=1S/C36H39F3N4O4/c1-23-19-43(24(2)22-44)34(45)18-27-17-29(40-35(46)41-31-10-6-8-26-7-4-5-9-30(26)31)15-16-32(27)47-33(23)21-42(3)20-25-11-13-28(14-12-25)36(37,38)39/h4-17,23-24,33,44H,18-22H2,1-3H3,(H2,40,41,46)/t23-,24-,33+/m1/s1. The third-order valence-corrected chi connectivity index (χ3v) is 8.44. The highest BCUT2D eigenvalue weighted by atomic mass is 19.4. The molecule has 0 aliphatic carbocycles. The maximum Gasteiger partial charge on any atom is 0.416 e. The van der Waals surface area contributed by atoms with E-state index in [9.17, 15) is 27.9 Å². The van der Waals surface area contributed by atoms with Gasteiger partial charge >= 0.3 is 12.2 Å². The van der Waals surface area contributed by atoms with E-state index in [0.717, 1.165) is 28.5 Å². The molecule has 47 heavy (non-hydrogen) atoms. The fourth-order valence-electron chi connectivity index (χ4n) is 5.83. The van der Waals surface area contributed by atoms with Crippen molar-refractivity contribution < 1.29 is 32.6 Å². The molecule has 0 bridgehead atoms. The second-order valence-electron chi connectivity index (χ2n) is 12.2. The smallest absolute Gasteiger partial charge is 0.416 e. The Hall–Kier alpha value is -4.61. The molecule has 0 aromatic heterocycles. The Labute approximate surface area is 272 Å². The van der Waals surface area contributed by atoms with Crippen molar-refractivity contribution in [2.45, 2.75) is 45.1 Å². The predicted octanol–water partition coefficient (Wildman–Crippen LogP) is 6.78. The quantitative estimate of drug-likeness (QED) is 0.196. The topological polar surface area (TPSA) is 94.1 Å². The molecule has 0 saturated carbocycles. The van der Waals surface area contributed by atoms with Gasteiger partial charge in [0.05, 0.1) is 30.3 Å². The van der Waals surface area contributed by atoms with Gasteiger partial charge in [-0.25, -0.2) is 4.79 Å². The second-order valence-corrected chi connectivity index (χ2v) is 12.2. The molecule has 11 heteroatoms. The molecule has 3 amide bonds. The number of ether oxygens (including phenoxy) is 1. The number of halogens is 3. The van der Waals surface area contributed by atoms with Crippen molar-refractivity contribution in [1.29, 1.82) is 0 Å². The molecule has 4 aromatic carbocycles. The Balaban J connectivity index is 1.35. The number of benzene rings is 4. The van der Waals surface area contributed by atoms with E-state index >= 15 is 0 Å². The molecule has 4 aromatic rings. The van der Waals surface area contributed by atoms with Crippen molar-refractivity contribution in [1.82, 2.24) is 9.80 Å². The van der Waals surface area contributed by atoms with Gasteiger partial charge in [0.25, 0.3) is 0 Å². The van der Waals surface area contributed by atoms with E-state index in [2.05, 4.69) is 10.6 Å². The third kappa shape index (κ3) is 8.41. The molecule has 0 radical (unpaired) electrons. The van der Waals surface area contributed by atoms with Crippen LogP contribution in [0, 0.1) is 5.92 Å². The van der Waals surface area contributed by atoms with Gasteiger partial charge in [-0.1, -0.05) is 55.5 Å². The number of anilines is 2. The van der Waals surface area contributed by atoms with Crippen LogP contribution >= 0.6 is 0 Å². The summed E-state index contributed by atoms with van der Waals surface area (Å²) >= 11 is 0. The Morgan fingerprint density at radius 1 is 1.04 bits per heavy atom. The van der Waals surface area contributed by atoms with Gasteiger partial charge in [0.2, 0.25) is 5.91 Å². The number of carbonyl (C=O) groups is 2. The summed E-state index contributed by atoms with van der Waals surface area (Å²) in [6.07, 6.45) is -4.80. The second kappa shape index (κ2) is 14.4. The summed E-state index contributed by atoms with van der Waals surface area (Å²) in [4.78, 5) is 30.2. The highest BCUT2D eigenvalue weighted by molar-refractivity contribution is 6.06. The van der Waals surface area contributed by atoms with E-state index in [0.29, 0.717) is 42.3 Å². The first-order chi connectivity index (χ1) is 22.4. The van der Waals surface area contributed by atoms with E-state index < -0.39 is 29.9 Å². The average Bonchev–Trinajstić information content (AvgIpc) is 3.08. The van der Waals surface area contributed by atoms with E-state index in [1.54, 1.807) is 30.0 Å². The molecule has 1 heterocycles. The molecular formula is C36H39F3N4O4. The molecule has 5 rings (SSSR count). The summed E-state index contributed by atoms with van der Waals surface area (Å²) in [6.45, 7) is 4.70. The molecule has 1 aliphatic rings. The number of nitrogens with one attached hydrogen (secondary N) is 2. The van der Waals surface area contributed by atoms with E-state index in [1.165, 1.54) is 12.1 Å². The zero-order valence-corrected chi connectivity index (χ0v) is 26.6. The van der Waals surface area contributed by atoms with Crippen LogP contribution in [0.2, 0.25) is 0 Å². The van der Waals surface area contributed by atoms with E-state index in [4.69, 9.17) is 4.74 Å². The first kappa shape index (κ1) is 33.7. The van der Waals surface area contributed by atoms with Crippen molar-refractivity contribution in [3.8, 4) is 5.75 Å². The summed E-state index contributed by atoms with van der Waals surface area (Å²) in [5.41, 5.74) is 1.74. The number of fused-ring (bicyclic) bond motifs is 2. The third-order valence-electron chi connectivity index (χ3n) is 8.44. The Bertz CT molecular complexity index is 1710. The maximum absolute atomic E-state index is 13.6. The van der Waals surface area contributed by atoms with Crippen LogP contribution in [0.5, 0.6) is 5.75 Å². The van der Waals surface area contributed by atoms with Gasteiger partial charge in [-0.15, -0.1) is 0 Å². The lowest BCUT2D eigenvalue weighted by molar-refractivity contribution is -0.137. The maximum atomic E-state index is 13.6. The molecular weight excluding hydrogens is 609 g/mol. The number of carbonyl (C=O) groups excluding carboxylic acids is 2. The first-order valence-corrected chi connectivity index (χ1v) is 15.5. The van der Waals surface area contributed by atoms with Crippen molar-refractivity contribution in [3.63, 3.8) is 0 Å². The minimum Gasteiger partial charge on any atom is -0.488 e.